The maximum Gasteiger partial charge on any atom is 0.0471 e. The van der Waals surface area contributed by atoms with E-state index in [4.69, 9.17) is 4.74 Å². The molecule has 0 aliphatic carbocycles. The molecule has 3 heteroatoms. The van der Waals surface area contributed by atoms with E-state index in [2.05, 4.69) is 50.1 Å². The van der Waals surface area contributed by atoms with Crippen LogP contribution in [0.4, 0.5) is 0 Å². The quantitative estimate of drug-likeness (QED) is 0.757. The van der Waals surface area contributed by atoms with Gasteiger partial charge in [-0.2, -0.15) is 0 Å². The van der Waals surface area contributed by atoms with Gasteiger partial charge in [-0.3, -0.25) is 0 Å². The lowest BCUT2D eigenvalue weighted by Gasteiger charge is -2.23. The Hall–Kier alpha value is 0.140. The molecule has 2 rings (SSSR count). The van der Waals surface area contributed by atoms with Gasteiger partial charge in [-0.15, -0.1) is 0 Å². The number of benzene rings is 1. The number of hydrogen-bond donors (Lipinski definition) is 0. The van der Waals surface area contributed by atoms with Gasteiger partial charge in [0, 0.05) is 22.2 Å². The molecule has 76 valence electrons. The van der Waals surface area contributed by atoms with Gasteiger partial charge in [-0.1, -0.05) is 31.9 Å². The molecule has 1 aromatic rings. The van der Waals surface area contributed by atoms with E-state index in [0.717, 1.165) is 30.5 Å². The highest BCUT2D eigenvalue weighted by atomic mass is 79.9. The summed E-state index contributed by atoms with van der Waals surface area (Å²) >= 11 is 7.12. The van der Waals surface area contributed by atoms with Crippen molar-refractivity contribution in [2.75, 3.05) is 13.2 Å². The van der Waals surface area contributed by atoms with E-state index >= 15 is 0 Å². The Kier molecular flexibility index (Phi) is 3.63. The van der Waals surface area contributed by atoms with Crippen LogP contribution in [0.2, 0.25) is 0 Å². The van der Waals surface area contributed by atoms with Crippen LogP contribution in [0.25, 0.3) is 0 Å². The molecule has 14 heavy (non-hydrogen) atoms. The average molecular weight is 320 g/mol. The Morgan fingerprint density at radius 3 is 2.57 bits per heavy atom. The molecule has 1 fully saturated rings. The molecule has 0 amide bonds. The maximum absolute atomic E-state index is 5.36. The molecular formula is C11H12Br2O. The molecule has 0 radical (unpaired) electrons. The van der Waals surface area contributed by atoms with Gasteiger partial charge < -0.3 is 4.74 Å². The molecule has 0 spiro atoms. The normalized spacial score (nSPS) is 18.4. The monoisotopic (exact) mass is 318 g/mol. The van der Waals surface area contributed by atoms with Gasteiger partial charge in [0.25, 0.3) is 0 Å². The van der Waals surface area contributed by atoms with Crippen molar-refractivity contribution in [3.05, 3.63) is 32.7 Å². The van der Waals surface area contributed by atoms with Crippen LogP contribution < -0.4 is 0 Å². The zero-order valence-corrected chi connectivity index (χ0v) is 11.0. The fourth-order valence-electron chi connectivity index (χ4n) is 1.84. The van der Waals surface area contributed by atoms with E-state index in [9.17, 15) is 0 Å². The molecule has 0 N–H and O–H groups in total. The van der Waals surface area contributed by atoms with Crippen LogP contribution >= 0.6 is 31.9 Å². The Balaban J connectivity index is 2.24. The topological polar surface area (TPSA) is 9.23 Å². The second-order valence-electron chi connectivity index (χ2n) is 3.55. The van der Waals surface area contributed by atoms with Gasteiger partial charge >= 0.3 is 0 Å². The largest absolute Gasteiger partial charge is 0.381 e. The summed E-state index contributed by atoms with van der Waals surface area (Å²) in [6.45, 7) is 1.78. The van der Waals surface area contributed by atoms with Crippen LogP contribution in [-0.2, 0) is 4.74 Å². The maximum atomic E-state index is 5.36. The van der Waals surface area contributed by atoms with E-state index in [1.807, 2.05) is 0 Å². The fraction of sp³-hybridized carbons (Fsp3) is 0.455. The van der Waals surface area contributed by atoms with E-state index in [0.29, 0.717) is 5.92 Å². The standard InChI is InChI=1S/C11H12Br2O/c12-9-1-2-11(13)10(7-9)8-3-5-14-6-4-8/h1-2,7-8H,3-6H2. The minimum Gasteiger partial charge on any atom is -0.381 e. The van der Waals surface area contributed by atoms with Crippen molar-refractivity contribution in [3.63, 3.8) is 0 Å². The fourth-order valence-corrected chi connectivity index (χ4v) is 2.79. The van der Waals surface area contributed by atoms with E-state index < -0.39 is 0 Å². The third kappa shape index (κ3) is 2.38. The first-order valence-electron chi connectivity index (χ1n) is 4.80. The highest BCUT2D eigenvalue weighted by Crippen LogP contribution is 2.33. The van der Waals surface area contributed by atoms with Crippen LogP contribution in [0.15, 0.2) is 27.1 Å². The predicted molar refractivity (Wildman–Crippen MR) is 64.6 cm³/mol. The van der Waals surface area contributed by atoms with Crippen LogP contribution in [-0.4, -0.2) is 13.2 Å². The van der Waals surface area contributed by atoms with Gasteiger partial charge in [0.15, 0.2) is 0 Å². The first-order valence-corrected chi connectivity index (χ1v) is 6.38. The van der Waals surface area contributed by atoms with Gasteiger partial charge in [0.2, 0.25) is 0 Å². The zero-order valence-electron chi connectivity index (χ0n) is 7.80. The lowest BCUT2D eigenvalue weighted by molar-refractivity contribution is 0.0852. The predicted octanol–water partition coefficient (Wildman–Crippen LogP) is 4.11. The van der Waals surface area contributed by atoms with Crippen molar-refractivity contribution >= 4 is 31.9 Å². The number of halogens is 2. The molecule has 1 saturated heterocycles. The van der Waals surface area contributed by atoms with Gasteiger partial charge in [0.05, 0.1) is 0 Å². The van der Waals surface area contributed by atoms with Gasteiger partial charge in [-0.05, 0) is 42.5 Å². The average Bonchev–Trinajstić information content (AvgIpc) is 2.23. The van der Waals surface area contributed by atoms with Crippen LogP contribution in [0, 0.1) is 0 Å². The van der Waals surface area contributed by atoms with Crippen LogP contribution in [0.3, 0.4) is 0 Å². The smallest absolute Gasteiger partial charge is 0.0471 e. The molecule has 0 unspecified atom stereocenters. The van der Waals surface area contributed by atoms with Crippen molar-refractivity contribution in [2.24, 2.45) is 0 Å². The summed E-state index contributed by atoms with van der Waals surface area (Å²) < 4.78 is 7.73. The zero-order chi connectivity index (χ0) is 9.97. The van der Waals surface area contributed by atoms with E-state index in [1.54, 1.807) is 0 Å². The second kappa shape index (κ2) is 4.77. The summed E-state index contributed by atoms with van der Waals surface area (Å²) in [5, 5.41) is 0. The third-order valence-corrected chi connectivity index (χ3v) is 3.83. The first-order chi connectivity index (χ1) is 6.77. The molecule has 1 aliphatic rings. The van der Waals surface area contributed by atoms with Gasteiger partial charge in [0.1, 0.15) is 0 Å². The first kappa shape index (κ1) is 10.7. The summed E-state index contributed by atoms with van der Waals surface area (Å²) in [5.41, 5.74) is 1.41. The minimum atomic E-state index is 0.649. The number of ether oxygens (including phenoxy) is 1. The summed E-state index contributed by atoms with van der Waals surface area (Å²) in [6, 6.07) is 6.38. The SMILES string of the molecule is Brc1ccc(Br)c(C2CCOCC2)c1. The molecule has 0 atom stereocenters. The molecule has 0 saturated carbocycles. The van der Waals surface area contributed by atoms with Crippen molar-refractivity contribution in [3.8, 4) is 0 Å². The Bertz CT molecular complexity index is 319. The highest BCUT2D eigenvalue weighted by Gasteiger charge is 2.18. The Morgan fingerprint density at radius 2 is 1.86 bits per heavy atom. The van der Waals surface area contributed by atoms with Crippen molar-refractivity contribution in [1.29, 1.82) is 0 Å². The van der Waals surface area contributed by atoms with Crippen LogP contribution in [0.1, 0.15) is 24.3 Å². The summed E-state index contributed by atoms with van der Waals surface area (Å²) in [6.07, 6.45) is 2.27. The third-order valence-electron chi connectivity index (χ3n) is 2.62. The van der Waals surface area contributed by atoms with E-state index in [1.165, 1.54) is 10.0 Å². The van der Waals surface area contributed by atoms with E-state index in [-0.39, 0.29) is 0 Å². The molecular weight excluding hydrogens is 308 g/mol. The molecule has 1 aliphatic heterocycles. The molecule has 1 nitrogen and oxygen atoms in total. The lowest BCUT2D eigenvalue weighted by atomic mass is 9.92. The molecule has 0 bridgehead atoms. The van der Waals surface area contributed by atoms with Crippen LogP contribution in [0.5, 0.6) is 0 Å². The second-order valence-corrected chi connectivity index (χ2v) is 5.32. The van der Waals surface area contributed by atoms with Crippen molar-refractivity contribution in [2.45, 2.75) is 18.8 Å². The molecule has 1 aromatic carbocycles. The highest BCUT2D eigenvalue weighted by molar-refractivity contribution is 9.11. The summed E-state index contributed by atoms with van der Waals surface area (Å²) in [7, 11) is 0. The van der Waals surface area contributed by atoms with Crippen molar-refractivity contribution in [1.82, 2.24) is 0 Å². The Labute approximate surface area is 101 Å². The van der Waals surface area contributed by atoms with Crippen molar-refractivity contribution < 1.29 is 4.74 Å². The molecule has 0 aromatic heterocycles. The summed E-state index contributed by atoms with van der Waals surface area (Å²) in [4.78, 5) is 0. The number of hydrogen-bond acceptors (Lipinski definition) is 1. The Morgan fingerprint density at radius 1 is 1.14 bits per heavy atom. The number of rotatable bonds is 1. The minimum absolute atomic E-state index is 0.649. The molecule has 1 heterocycles. The van der Waals surface area contributed by atoms with Gasteiger partial charge in [-0.25, -0.2) is 0 Å². The lowest BCUT2D eigenvalue weighted by Crippen LogP contribution is -2.14. The summed E-state index contributed by atoms with van der Waals surface area (Å²) in [5.74, 6) is 0.649.